The maximum Gasteiger partial charge on any atom is 0.430 e. The number of quaternary nitrogens is 1. The lowest BCUT2D eigenvalue weighted by Gasteiger charge is -2.22. The number of carbonyl (C=O) groups is 3. The molecule has 0 aromatic heterocycles. The molecule has 0 aliphatic heterocycles. The van der Waals surface area contributed by atoms with E-state index in [0.29, 0.717) is 19.5 Å². The summed E-state index contributed by atoms with van der Waals surface area (Å²) in [5.74, 6) is -3.89. The number of amides is 1. The van der Waals surface area contributed by atoms with Gasteiger partial charge in [-0.3, -0.25) is 9.59 Å². The van der Waals surface area contributed by atoms with Crippen LogP contribution in [0.4, 0.5) is 13.2 Å². The molecule has 2 aromatic carbocycles. The average molecular weight is 468 g/mol. The predicted octanol–water partition coefficient (Wildman–Crippen LogP) is 0.985. The number of nitrogens with zero attached hydrogens (tertiary/aromatic N) is 1. The molecule has 0 radical (unpaired) electrons. The molecular weight excluding hydrogens is 441 g/mol. The number of rotatable bonds is 11. The SMILES string of the molecule is O=C(O)CCN(Cc1ccccc1)C(=O)CC[NH2+]CCc1ccccc1.O=C([O-])C(F)(F)F. The molecule has 2 aromatic rings. The third-order valence-corrected chi connectivity index (χ3v) is 4.44. The number of benzene rings is 2. The van der Waals surface area contributed by atoms with Gasteiger partial charge in [-0.25, -0.2) is 0 Å². The Kier molecular flexibility index (Phi) is 12.2. The molecule has 3 N–H and O–H groups in total. The van der Waals surface area contributed by atoms with Crippen molar-refractivity contribution in [2.75, 3.05) is 19.6 Å². The van der Waals surface area contributed by atoms with Crippen molar-refractivity contribution in [3.63, 3.8) is 0 Å². The number of nitrogens with two attached hydrogens (primary N) is 1. The molecule has 0 atom stereocenters. The Labute approximate surface area is 189 Å². The van der Waals surface area contributed by atoms with Crippen LogP contribution in [0.5, 0.6) is 0 Å². The van der Waals surface area contributed by atoms with Crippen LogP contribution in [0.1, 0.15) is 24.0 Å². The van der Waals surface area contributed by atoms with Gasteiger partial charge in [-0.15, -0.1) is 0 Å². The monoisotopic (exact) mass is 468 g/mol. The molecule has 1 amide bonds. The maximum atomic E-state index is 12.5. The van der Waals surface area contributed by atoms with E-state index in [2.05, 4.69) is 17.4 Å². The Morgan fingerprint density at radius 2 is 1.39 bits per heavy atom. The van der Waals surface area contributed by atoms with Crippen LogP contribution in [0.2, 0.25) is 0 Å². The van der Waals surface area contributed by atoms with Crippen molar-refractivity contribution in [2.45, 2.75) is 32.0 Å². The summed E-state index contributed by atoms with van der Waals surface area (Å²) in [6.45, 7) is 2.35. The number of aliphatic carboxylic acids is 2. The Morgan fingerprint density at radius 1 is 0.879 bits per heavy atom. The zero-order chi connectivity index (χ0) is 24.7. The van der Waals surface area contributed by atoms with E-state index in [1.165, 1.54) is 5.56 Å². The van der Waals surface area contributed by atoms with Crippen molar-refractivity contribution in [1.82, 2.24) is 4.90 Å². The van der Waals surface area contributed by atoms with Gasteiger partial charge in [0.05, 0.1) is 25.9 Å². The third-order valence-electron chi connectivity index (χ3n) is 4.44. The van der Waals surface area contributed by atoms with E-state index < -0.39 is 18.1 Å². The van der Waals surface area contributed by atoms with Crippen molar-refractivity contribution in [1.29, 1.82) is 0 Å². The first-order valence-electron chi connectivity index (χ1n) is 10.3. The van der Waals surface area contributed by atoms with Crippen LogP contribution in [0.3, 0.4) is 0 Å². The van der Waals surface area contributed by atoms with Gasteiger partial charge in [-0.1, -0.05) is 60.7 Å². The van der Waals surface area contributed by atoms with E-state index in [-0.39, 0.29) is 18.9 Å². The Bertz CT molecular complexity index is 861. The Hall–Kier alpha value is -3.40. The van der Waals surface area contributed by atoms with Crippen LogP contribution in [-0.2, 0) is 27.3 Å². The molecular formula is C23H27F3N2O5. The Balaban J connectivity index is 0.000000675. The molecule has 10 heteroatoms. The lowest BCUT2D eigenvalue weighted by molar-refractivity contribution is -0.653. The molecule has 0 saturated carbocycles. The second kappa shape index (κ2) is 14.6. The second-order valence-corrected chi connectivity index (χ2v) is 7.08. The van der Waals surface area contributed by atoms with E-state index in [9.17, 15) is 22.8 Å². The molecule has 0 bridgehead atoms. The van der Waals surface area contributed by atoms with Gasteiger partial charge < -0.3 is 25.2 Å². The maximum absolute atomic E-state index is 12.5. The number of carbonyl (C=O) groups excluding carboxylic acids is 2. The first-order valence-corrected chi connectivity index (χ1v) is 10.3. The van der Waals surface area contributed by atoms with Gasteiger partial charge in [-0.05, 0) is 11.1 Å². The number of halogens is 3. The molecule has 0 fully saturated rings. The van der Waals surface area contributed by atoms with Gasteiger partial charge in [0.2, 0.25) is 5.91 Å². The minimum Gasteiger partial charge on any atom is -0.542 e. The number of hydrogen-bond acceptors (Lipinski definition) is 4. The number of carboxylic acids is 2. The van der Waals surface area contributed by atoms with Crippen LogP contribution in [-0.4, -0.2) is 53.7 Å². The van der Waals surface area contributed by atoms with E-state index in [1.807, 2.05) is 48.5 Å². The fourth-order valence-electron chi connectivity index (χ4n) is 2.77. The summed E-state index contributed by atoms with van der Waals surface area (Å²) in [6.07, 6.45) is -3.83. The number of alkyl halides is 3. The van der Waals surface area contributed by atoms with E-state index >= 15 is 0 Å². The van der Waals surface area contributed by atoms with Crippen LogP contribution < -0.4 is 10.4 Å². The topological polar surface area (TPSA) is 114 Å². The first kappa shape index (κ1) is 27.6. The zero-order valence-electron chi connectivity index (χ0n) is 18.0. The second-order valence-electron chi connectivity index (χ2n) is 7.08. The highest BCUT2D eigenvalue weighted by Crippen LogP contribution is 2.11. The fourth-order valence-corrected chi connectivity index (χ4v) is 2.77. The van der Waals surface area contributed by atoms with Crippen molar-refractivity contribution >= 4 is 17.8 Å². The highest BCUT2D eigenvalue weighted by molar-refractivity contribution is 5.77. The van der Waals surface area contributed by atoms with Crippen LogP contribution in [0.25, 0.3) is 0 Å². The lowest BCUT2D eigenvalue weighted by Crippen LogP contribution is -2.85. The molecule has 0 aliphatic rings. The zero-order valence-corrected chi connectivity index (χ0v) is 18.0. The predicted molar refractivity (Wildman–Crippen MR) is 112 cm³/mol. The summed E-state index contributed by atoms with van der Waals surface area (Å²) in [5, 5.41) is 19.8. The fraction of sp³-hybridized carbons (Fsp3) is 0.348. The minimum absolute atomic E-state index is 0.00561. The van der Waals surface area contributed by atoms with Gasteiger partial charge in [0.1, 0.15) is 5.97 Å². The smallest absolute Gasteiger partial charge is 0.430 e. The molecule has 180 valence electrons. The first-order chi connectivity index (χ1) is 15.6. The summed E-state index contributed by atoms with van der Waals surface area (Å²) < 4.78 is 31.5. The highest BCUT2D eigenvalue weighted by Gasteiger charge is 2.28. The normalized spacial score (nSPS) is 10.6. The molecule has 7 nitrogen and oxygen atoms in total. The molecule has 0 unspecified atom stereocenters. The van der Waals surface area contributed by atoms with Crippen molar-refractivity contribution in [2.24, 2.45) is 0 Å². The van der Waals surface area contributed by atoms with Crippen molar-refractivity contribution in [3.05, 3.63) is 71.8 Å². The molecule has 33 heavy (non-hydrogen) atoms. The summed E-state index contributed by atoms with van der Waals surface area (Å²) in [7, 11) is 0. The molecule has 0 aliphatic carbocycles. The standard InChI is InChI=1S/C21H26N2O3.C2HF3O2/c24-20(12-15-22-14-11-18-7-3-1-4-8-18)23(16-13-21(25)26)17-19-9-5-2-6-10-19;3-2(4,5)1(6)7/h1-10,22H,11-17H2,(H,25,26);(H,6,7). The Morgan fingerprint density at radius 3 is 1.88 bits per heavy atom. The number of hydrogen-bond donors (Lipinski definition) is 2. The quantitative estimate of drug-likeness (QED) is 0.478. The molecule has 2 rings (SSSR count). The lowest BCUT2D eigenvalue weighted by atomic mass is 10.1. The molecule has 0 heterocycles. The third kappa shape index (κ3) is 12.9. The largest absolute Gasteiger partial charge is 0.542 e. The van der Waals surface area contributed by atoms with Crippen LogP contribution >= 0.6 is 0 Å². The van der Waals surface area contributed by atoms with Gasteiger partial charge in [0.25, 0.3) is 0 Å². The van der Waals surface area contributed by atoms with Gasteiger partial charge in [-0.2, -0.15) is 13.2 Å². The van der Waals surface area contributed by atoms with Crippen molar-refractivity contribution in [3.8, 4) is 0 Å². The minimum atomic E-state index is -5.19. The molecule has 0 spiro atoms. The highest BCUT2D eigenvalue weighted by atomic mass is 19.4. The van der Waals surface area contributed by atoms with E-state index in [0.717, 1.165) is 18.5 Å². The van der Waals surface area contributed by atoms with Gasteiger partial charge >= 0.3 is 12.1 Å². The molecule has 0 saturated heterocycles. The summed E-state index contributed by atoms with van der Waals surface area (Å²) in [6, 6.07) is 19.9. The van der Waals surface area contributed by atoms with Crippen LogP contribution in [0, 0.1) is 0 Å². The van der Waals surface area contributed by atoms with Gasteiger partial charge in [0, 0.05) is 19.5 Å². The average Bonchev–Trinajstić information content (AvgIpc) is 2.77. The van der Waals surface area contributed by atoms with Crippen molar-refractivity contribution < 1.29 is 43.1 Å². The van der Waals surface area contributed by atoms with E-state index in [4.69, 9.17) is 15.0 Å². The summed E-state index contributed by atoms with van der Waals surface area (Å²) in [4.78, 5) is 33.8. The number of carboxylic acid groups (broad SMARTS) is 2. The summed E-state index contributed by atoms with van der Waals surface area (Å²) >= 11 is 0. The van der Waals surface area contributed by atoms with E-state index in [1.54, 1.807) is 4.90 Å². The van der Waals surface area contributed by atoms with Crippen LogP contribution in [0.15, 0.2) is 60.7 Å². The summed E-state index contributed by atoms with van der Waals surface area (Å²) in [5.41, 5.74) is 2.31. The van der Waals surface area contributed by atoms with Gasteiger partial charge in [0.15, 0.2) is 0 Å².